The number of hydrogen-bond donors (Lipinski definition) is 0. The van der Waals surface area contributed by atoms with Gasteiger partial charge in [-0.05, 0) is 79.5 Å². The zero-order valence-electron chi connectivity index (χ0n) is 38.0. The van der Waals surface area contributed by atoms with E-state index in [9.17, 15) is 2.74 Å². The molecule has 11 aromatic rings. The van der Waals surface area contributed by atoms with Crippen molar-refractivity contribution >= 4 is 54.3 Å². The minimum Gasteiger partial charge on any atom is -0.455 e. The summed E-state index contributed by atoms with van der Waals surface area (Å²) in [6, 6.07) is 38.0. The quantitative estimate of drug-likeness (QED) is 0.178. The fourth-order valence-electron chi connectivity index (χ4n) is 7.38. The van der Waals surface area contributed by atoms with Gasteiger partial charge in [-0.25, -0.2) is 15.0 Å². The number of hydrogen-bond acceptors (Lipinski definition) is 4. The van der Waals surface area contributed by atoms with Gasteiger partial charge >= 0.3 is 0 Å². The van der Waals surface area contributed by atoms with Crippen molar-refractivity contribution in [3.63, 3.8) is 0 Å². The Morgan fingerprint density at radius 3 is 1.65 bits per heavy atom. The van der Waals surface area contributed by atoms with Crippen LogP contribution in [0.5, 0.6) is 0 Å². The summed E-state index contributed by atoms with van der Waals surface area (Å²) in [5.74, 6) is 1.14. The smallest absolute Gasteiger partial charge is 0.167 e. The lowest BCUT2D eigenvalue weighted by Crippen LogP contribution is -2.00. The summed E-state index contributed by atoms with van der Waals surface area (Å²) in [4.78, 5) is 15.3. The molecule has 9 aromatic carbocycles. The summed E-state index contributed by atoms with van der Waals surface area (Å²) in [5, 5.41) is 6.97. The Hall–Kier alpha value is -7.43. The van der Waals surface area contributed by atoms with Crippen LogP contribution in [0.2, 0.25) is 0 Å². The van der Waals surface area contributed by atoms with Gasteiger partial charge in [0.05, 0.1) is 17.9 Å². The molecule has 4 heteroatoms. The van der Waals surface area contributed by atoms with Crippen LogP contribution in [-0.4, -0.2) is 15.0 Å². The Morgan fingerprint density at radius 1 is 0.382 bits per heavy atom. The minimum absolute atomic E-state index is 0.0698. The summed E-state index contributed by atoms with van der Waals surface area (Å²) < 4.78 is 86.0. The lowest BCUT2D eigenvalue weighted by molar-refractivity contribution is 0.673. The molecule has 55 heavy (non-hydrogen) atoms. The number of aromatic nitrogens is 3. The van der Waals surface area contributed by atoms with E-state index in [1.165, 1.54) is 0 Å². The molecule has 0 aliphatic rings. The number of furan rings is 1. The largest absolute Gasteiger partial charge is 0.455 e. The number of benzene rings is 9. The van der Waals surface area contributed by atoms with Gasteiger partial charge in [-0.1, -0.05) is 158 Å². The molecule has 2 heterocycles. The van der Waals surface area contributed by atoms with Crippen molar-refractivity contribution in [2.24, 2.45) is 0 Å². The van der Waals surface area contributed by atoms with E-state index < -0.39 is 54.4 Å². The third kappa shape index (κ3) is 5.34. The lowest BCUT2D eigenvalue weighted by atomic mass is 9.94. The van der Waals surface area contributed by atoms with E-state index >= 15 is 0 Å². The van der Waals surface area contributed by atoms with Gasteiger partial charge in [-0.2, -0.15) is 0 Å². The molecule has 0 fully saturated rings. The molecule has 0 spiro atoms. The molecule has 4 nitrogen and oxygen atoms in total. The first-order valence-corrected chi connectivity index (χ1v) is 17.8. The van der Waals surface area contributed by atoms with Crippen LogP contribution < -0.4 is 0 Å². The minimum atomic E-state index is -0.638. The van der Waals surface area contributed by atoms with Gasteiger partial charge in [-0.3, -0.25) is 0 Å². The molecule has 0 radical (unpaired) electrons. The molecule has 0 amide bonds. The van der Waals surface area contributed by atoms with E-state index in [0.29, 0.717) is 50.5 Å². The fraction of sp³-hybridized carbons (Fsp3) is 0. The standard InChI is InChI=1S/C51H31N3O/c1-2-11-32(12-3-1)38-18-10-19-39(29-38)42-27-28-45(48-46(42)44-26-25-35-15-8-9-20-43(35)47(44)55-48)51-53-49(40-23-21-33-13-4-6-16-36(33)30-40)52-50(54-51)41-24-22-34-14-5-7-17-37(34)31-41/h1-31H/i1D,2D,3D,10D,11D,12D,18D,19D,29D. The van der Waals surface area contributed by atoms with Crippen molar-refractivity contribution in [1.29, 1.82) is 0 Å². The lowest BCUT2D eigenvalue weighted by Gasteiger charge is -2.12. The van der Waals surface area contributed by atoms with Crippen molar-refractivity contribution in [2.75, 3.05) is 0 Å². The van der Waals surface area contributed by atoms with Crippen LogP contribution in [0.1, 0.15) is 12.3 Å². The second-order valence-electron chi connectivity index (χ2n) is 13.3. The van der Waals surface area contributed by atoms with E-state index in [0.717, 1.165) is 43.4 Å². The predicted molar refractivity (Wildman–Crippen MR) is 227 cm³/mol. The third-order valence-electron chi connectivity index (χ3n) is 10.0. The number of nitrogens with zero attached hydrogens (tertiary/aromatic N) is 3. The highest BCUT2D eigenvalue weighted by Crippen LogP contribution is 2.44. The molecule has 0 aliphatic heterocycles. The maximum atomic E-state index is 9.61. The van der Waals surface area contributed by atoms with Gasteiger partial charge in [0.1, 0.15) is 11.2 Å². The monoisotopic (exact) mass is 710 g/mol. The van der Waals surface area contributed by atoms with Gasteiger partial charge in [0, 0.05) is 27.3 Å². The van der Waals surface area contributed by atoms with Gasteiger partial charge in [-0.15, -0.1) is 0 Å². The molecule has 0 atom stereocenters. The summed E-state index contributed by atoms with van der Waals surface area (Å²) in [6.45, 7) is 0. The highest BCUT2D eigenvalue weighted by molar-refractivity contribution is 6.21. The third-order valence-corrected chi connectivity index (χ3v) is 10.0. The summed E-state index contributed by atoms with van der Waals surface area (Å²) >= 11 is 0. The van der Waals surface area contributed by atoms with Gasteiger partial charge in [0.15, 0.2) is 17.5 Å². The molecular weight excluding hydrogens is 671 g/mol. The van der Waals surface area contributed by atoms with Crippen molar-refractivity contribution < 1.29 is 16.8 Å². The normalized spacial score (nSPS) is 13.9. The first-order chi connectivity index (χ1) is 31.0. The Morgan fingerprint density at radius 2 is 0.945 bits per heavy atom. The average Bonchev–Trinajstić information content (AvgIpc) is 3.73. The first kappa shape index (κ1) is 23.3. The van der Waals surface area contributed by atoms with Crippen molar-refractivity contribution in [1.82, 2.24) is 15.0 Å². The SMILES string of the molecule is [2H]c1c([2H])c([2H])c(-c2c([2H])c([2H])c([2H])c(-c3ccc(-c4nc(-c5ccc6ccccc6c5)nc(-c5ccc6ccccc6c5)n4)c4oc5c6ccccc6ccc5c34)c2[2H])c([2H])c1[2H]. The molecule has 2 aromatic heterocycles. The number of fused-ring (bicyclic) bond motifs is 7. The Labute approximate surface area is 329 Å². The number of rotatable bonds is 5. The Bertz CT molecular complexity index is 3690. The molecule has 11 rings (SSSR count). The maximum Gasteiger partial charge on any atom is 0.167 e. The van der Waals surface area contributed by atoms with Crippen LogP contribution in [-0.2, 0) is 0 Å². The van der Waals surface area contributed by atoms with Crippen LogP contribution >= 0.6 is 0 Å². The summed E-state index contributed by atoms with van der Waals surface area (Å²) in [5.41, 5.74) is 2.37. The summed E-state index contributed by atoms with van der Waals surface area (Å²) in [7, 11) is 0. The second-order valence-corrected chi connectivity index (χ2v) is 13.3. The van der Waals surface area contributed by atoms with E-state index in [-0.39, 0.29) is 16.7 Å². The Balaban J connectivity index is 1.22. The topological polar surface area (TPSA) is 51.8 Å². The average molecular weight is 711 g/mol. The molecule has 0 unspecified atom stereocenters. The van der Waals surface area contributed by atoms with Crippen LogP contribution in [0, 0.1) is 0 Å². The van der Waals surface area contributed by atoms with Crippen molar-refractivity contribution in [3.05, 3.63) is 188 Å². The zero-order valence-corrected chi connectivity index (χ0v) is 29.0. The highest BCUT2D eigenvalue weighted by atomic mass is 16.3. The molecule has 0 N–H and O–H groups in total. The van der Waals surface area contributed by atoms with Crippen LogP contribution in [0.25, 0.3) is 111 Å². The predicted octanol–water partition coefficient (Wildman–Crippen LogP) is 13.6. The van der Waals surface area contributed by atoms with Crippen molar-refractivity contribution in [3.8, 4) is 56.4 Å². The molecular formula is C51H31N3O. The van der Waals surface area contributed by atoms with Gasteiger partial charge < -0.3 is 4.42 Å². The maximum absolute atomic E-state index is 9.61. The Kier molecular flexibility index (Phi) is 5.34. The van der Waals surface area contributed by atoms with Gasteiger partial charge in [0.25, 0.3) is 0 Å². The molecule has 0 saturated carbocycles. The summed E-state index contributed by atoms with van der Waals surface area (Å²) in [6.07, 6.45) is 0. The van der Waals surface area contributed by atoms with E-state index in [2.05, 4.69) is 0 Å². The van der Waals surface area contributed by atoms with E-state index in [4.69, 9.17) is 29.0 Å². The first-order valence-electron chi connectivity index (χ1n) is 22.3. The fourth-order valence-corrected chi connectivity index (χ4v) is 7.38. The van der Waals surface area contributed by atoms with E-state index in [1.807, 2.05) is 121 Å². The van der Waals surface area contributed by atoms with Crippen molar-refractivity contribution in [2.45, 2.75) is 0 Å². The molecule has 256 valence electrons. The van der Waals surface area contributed by atoms with Gasteiger partial charge in [0.2, 0.25) is 0 Å². The highest BCUT2D eigenvalue weighted by Gasteiger charge is 2.22. The van der Waals surface area contributed by atoms with Crippen LogP contribution in [0.4, 0.5) is 0 Å². The van der Waals surface area contributed by atoms with Crippen LogP contribution in [0.3, 0.4) is 0 Å². The molecule has 0 saturated heterocycles. The zero-order chi connectivity index (χ0) is 44.1. The second kappa shape index (κ2) is 12.6. The van der Waals surface area contributed by atoms with E-state index in [1.54, 1.807) is 12.1 Å². The van der Waals surface area contributed by atoms with Crippen LogP contribution in [0.15, 0.2) is 192 Å². The molecule has 0 bridgehead atoms. The molecule has 0 aliphatic carbocycles.